The molecule has 1 amide bonds. The van der Waals surface area contributed by atoms with Crippen molar-refractivity contribution in [3.63, 3.8) is 0 Å². The molecule has 144 valence electrons. The number of aliphatic carboxylic acids is 1. The molecule has 2 aromatic carbocycles. The van der Waals surface area contributed by atoms with Gasteiger partial charge in [0.05, 0.1) is 6.54 Å². The number of halogens is 1. The lowest BCUT2D eigenvalue weighted by Crippen LogP contribution is -2.45. The lowest BCUT2D eigenvalue weighted by atomic mass is 10.2. The van der Waals surface area contributed by atoms with E-state index in [1.807, 2.05) is 25.1 Å². The van der Waals surface area contributed by atoms with Crippen molar-refractivity contribution in [2.45, 2.75) is 32.5 Å². The second-order valence-corrected chi connectivity index (χ2v) is 5.98. The Morgan fingerprint density at radius 3 is 2.33 bits per heavy atom. The fraction of sp³-hybridized carbons (Fsp3) is 0.300. The van der Waals surface area contributed by atoms with E-state index in [1.165, 1.54) is 12.1 Å². The molecule has 0 aliphatic rings. The van der Waals surface area contributed by atoms with Gasteiger partial charge in [0.1, 0.15) is 17.3 Å². The number of ether oxygens (including phenoxy) is 2. The molecule has 0 aromatic heterocycles. The number of rotatable bonds is 9. The van der Waals surface area contributed by atoms with Crippen molar-refractivity contribution < 1.29 is 28.6 Å². The van der Waals surface area contributed by atoms with E-state index in [4.69, 9.17) is 9.47 Å². The average molecular weight is 375 g/mol. The van der Waals surface area contributed by atoms with Gasteiger partial charge in [-0.3, -0.25) is 4.79 Å². The predicted octanol–water partition coefficient (Wildman–Crippen LogP) is 2.94. The van der Waals surface area contributed by atoms with E-state index in [-0.39, 0.29) is 12.3 Å². The molecule has 27 heavy (non-hydrogen) atoms. The molecule has 7 heteroatoms. The highest BCUT2D eigenvalue weighted by Crippen LogP contribution is 2.16. The Balaban J connectivity index is 1.94. The van der Waals surface area contributed by atoms with Crippen LogP contribution < -0.4 is 14.8 Å². The van der Waals surface area contributed by atoms with E-state index < -0.39 is 29.9 Å². The lowest BCUT2D eigenvalue weighted by molar-refractivity contribution is -0.145. The molecule has 0 bridgehead atoms. The van der Waals surface area contributed by atoms with Crippen LogP contribution in [-0.4, -0.2) is 35.7 Å². The molecule has 0 saturated carbocycles. The fourth-order valence-electron chi connectivity index (χ4n) is 2.34. The van der Waals surface area contributed by atoms with E-state index in [0.717, 1.165) is 17.7 Å². The van der Waals surface area contributed by atoms with Gasteiger partial charge in [-0.1, -0.05) is 19.1 Å². The van der Waals surface area contributed by atoms with Gasteiger partial charge in [-0.25, -0.2) is 9.18 Å². The highest BCUT2D eigenvalue weighted by atomic mass is 19.1. The van der Waals surface area contributed by atoms with Gasteiger partial charge in [-0.2, -0.15) is 0 Å². The largest absolute Gasteiger partial charge is 0.481 e. The minimum atomic E-state index is -1.31. The normalized spacial score (nSPS) is 12.7. The summed E-state index contributed by atoms with van der Waals surface area (Å²) in [6.07, 6.45) is -1.65. The molecule has 2 N–H and O–H groups in total. The number of carboxylic acids is 1. The van der Waals surface area contributed by atoms with Gasteiger partial charge >= 0.3 is 5.97 Å². The molecule has 2 unspecified atom stereocenters. The molecule has 2 rings (SSSR count). The molecule has 0 fully saturated rings. The Hall–Kier alpha value is -3.09. The van der Waals surface area contributed by atoms with Crippen LogP contribution in [0.1, 0.15) is 18.9 Å². The zero-order valence-corrected chi connectivity index (χ0v) is 15.1. The number of carbonyl (C=O) groups excluding carboxylic acids is 1. The maximum atomic E-state index is 12.9. The SMILES string of the molecule is CCC(Oc1cccc(C)c1)C(=O)NCC(Oc1ccc(F)cc1)C(=O)O. The first-order valence-electron chi connectivity index (χ1n) is 8.55. The van der Waals surface area contributed by atoms with Gasteiger partial charge in [-0.15, -0.1) is 0 Å². The van der Waals surface area contributed by atoms with Crippen LogP contribution in [0.15, 0.2) is 48.5 Å². The molecule has 6 nitrogen and oxygen atoms in total. The van der Waals surface area contributed by atoms with Crippen LogP contribution in [0.3, 0.4) is 0 Å². The van der Waals surface area contributed by atoms with Crippen molar-refractivity contribution in [2.24, 2.45) is 0 Å². The number of aryl methyl sites for hydroxylation is 1. The fourth-order valence-corrected chi connectivity index (χ4v) is 2.34. The molecule has 0 radical (unpaired) electrons. The van der Waals surface area contributed by atoms with Gasteiger partial charge in [0.15, 0.2) is 6.10 Å². The van der Waals surface area contributed by atoms with Gasteiger partial charge in [0, 0.05) is 0 Å². The Labute approximate surface area is 156 Å². The Morgan fingerprint density at radius 2 is 1.74 bits per heavy atom. The number of carboxylic acid groups (broad SMARTS) is 1. The van der Waals surface area contributed by atoms with E-state index in [9.17, 15) is 19.1 Å². The second-order valence-electron chi connectivity index (χ2n) is 5.98. The number of hydrogen-bond acceptors (Lipinski definition) is 4. The summed E-state index contributed by atoms with van der Waals surface area (Å²) in [6, 6.07) is 12.3. The van der Waals surface area contributed by atoms with Crippen LogP contribution >= 0.6 is 0 Å². The molecule has 0 spiro atoms. The quantitative estimate of drug-likeness (QED) is 0.704. The summed E-state index contributed by atoms with van der Waals surface area (Å²) < 4.78 is 23.9. The van der Waals surface area contributed by atoms with E-state index >= 15 is 0 Å². The summed E-state index contributed by atoms with van der Waals surface area (Å²) in [5, 5.41) is 11.8. The van der Waals surface area contributed by atoms with Crippen molar-refractivity contribution in [2.75, 3.05) is 6.54 Å². The molecular formula is C20H22FNO5. The monoisotopic (exact) mass is 375 g/mol. The maximum Gasteiger partial charge on any atom is 0.346 e. The van der Waals surface area contributed by atoms with Gasteiger partial charge in [-0.05, 0) is 55.3 Å². The van der Waals surface area contributed by atoms with Crippen molar-refractivity contribution in [3.05, 3.63) is 59.9 Å². The number of carbonyl (C=O) groups is 2. The Bertz CT molecular complexity index is 778. The third-order valence-corrected chi connectivity index (χ3v) is 3.76. The van der Waals surface area contributed by atoms with Crippen molar-refractivity contribution in [1.29, 1.82) is 0 Å². The van der Waals surface area contributed by atoms with Crippen LogP contribution in [0, 0.1) is 12.7 Å². The predicted molar refractivity (Wildman–Crippen MR) is 97.3 cm³/mol. The van der Waals surface area contributed by atoms with Crippen LogP contribution in [0.4, 0.5) is 4.39 Å². The molecule has 0 aliphatic heterocycles. The standard InChI is InChI=1S/C20H22FNO5/c1-3-17(27-16-6-4-5-13(2)11-16)19(23)22-12-18(20(24)25)26-15-9-7-14(21)8-10-15/h4-11,17-18H,3,12H2,1-2H3,(H,22,23)(H,24,25). The summed E-state index contributed by atoms with van der Waals surface area (Å²) in [4.78, 5) is 23.7. The first kappa shape index (κ1) is 20.2. The highest BCUT2D eigenvalue weighted by Gasteiger charge is 2.24. The molecule has 0 saturated heterocycles. The van der Waals surface area contributed by atoms with E-state index in [0.29, 0.717) is 12.2 Å². The molecule has 0 aliphatic carbocycles. The lowest BCUT2D eigenvalue weighted by Gasteiger charge is -2.20. The van der Waals surface area contributed by atoms with Crippen molar-refractivity contribution >= 4 is 11.9 Å². The number of hydrogen-bond donors (Lipinski definition) is 2. The molecule has 2 atom stereocenters. The third-order valence-electron chi connectivity index (χ3n) is 3.76. The minimum absolute atomic E-state index is 0.195. The third kappa shape index (κ3) is 6.29. The van der Waals surface area contributed by atoms with Gasteiger partial charge in [0.25, 0.3) is 5.91 Å². The maximum absolute atomic E-state index is 12.9. The zero-order chi connectivity index (χ0) is 19.8. The van der Waals surface area contributed by atoms with Crippen LogP contribution in [-0.2, 0) is 9.59 Å². The van der Waals surface area contributed by atoms with Crippen molar-refractivity contribution in [3.8, 4) is 11.5 Å². The minimum Gasteiger partial charge on any atom is -0.481 e. The molecule has 0 heterocycles. The smallest absolute Gasteiger partial charge is 0.346 e. The first-order chi connectivity index (χ1) is 12.9. The van der Waals surface area contributed by atoms with Crippen LogP contribution in [0.2, 0.25) is 0 Å². The van der Waals surface area contributed by atoms with Crippen LogP contribution in [0.5, 0.6) is 11.5 Å². The Morgan fingerprint density at radius 1 is 1.07 bits per heavy atom. The summed E-state index contributed by atoms with van der Waals surface area (Å²) in [5.74, 6) is -1.38. The van der Waals surface area contributed by atoms with Gasteiger partial charge in [0.2, 0.25) is 6.10 Å². The zero-order valence-electron chi connectivity index (χ0n) is 15.1. The molecule has 2 aromatic rings. The Kier molecular flexibility index (Phi) is 7.16. The first-order valence-corrected chi connectivity index (χ1v) is 8.55. The van der Waals surface area contributed by atoms with Gasteiger partial charge < -0.3 is 19.9 Å². The second kappa shape index (κ2) is 9.56. The number of nitrogens with one attached hydrogen (secondary N) is 1. The van der Waals surface area contributed by atoms with Crippen molar-refractivity contribution in [1.82, 2.24) is 5.32 Å². The summed E-state index contributed by atoms with van der Waals surface area (Å²) in [7, 11) is 0. The number of amides is 1. The summed E-state index contributed by atoms with van der Waals surface area (Å²) in [5.41, 5.74) is 1.00. The van der Waals surface area contributed by atoms with E-state index in [2.05, 4.69) is 5.32 Å². The topological polar surface area (TPSA) is 84.9 Å². The summed E-state index contributed by atoms with van der Waals surface area (Å²) >= 11 is 0. The number of benzene rings is 2. The highest BCUT2D eigenvalue weighted by molar-refractivity contribution is 5.82. The van der Waals surface area contributed by atoms with E-state index in [1.54, 1.807) is 13.0 Å². The summed E-state index contributed by atoms with van der Waals surface area (Å²) in [6.45, 7) is 3.46. The van der Waals surface area contributed by atoms with Crippen LogP contribution in [0.25, 0.3) is 0 Å². The molecular weight excluding hydrogens is 353 g/mol. The average Bonchev–Trinajstić information content (AvgIpc) is 2.64.